The lowest BCUT2D eigenvalue weighted by atomic mass is 10.1. The lowest BCUT2D eigenvalue weighted by molar-refractivity contribution is 0.0801. The molecule has 38 heavy (non-hydrogen) atoms. The Morgan fingerprint density at radius 3 is 2.50 bits per heavy atom. The molecule has 0 saturated carbocycles. The van der Waals surface area contributed by atoms with Crippen molar-refractivity contribution in [1.29, 1.82) is 0 Å². The Balaban J connectivity index is 1.41. The molecule has 3 aromatic carbocycles. The molecular formula is C28H26BrCl2N5O2. The molecule has 2 amide bonds. The Kier molecular flexibility index (Phi) is 7.77. The van der Waals surface area contributed by atoms with E-state index in [2.05, 4.69) is 33.1 Å². The van der Waals surface area contributed by atoms with Crippen molar-refractivity contribution in [2.75, 3.05) is 25.0 Å². The molecule has 2 atom stereocenters. The second-order valence-electron chi connectivity index (χ2n) is 9.38. The van der Waals surface area contributed by atoms with Crippen LogP contribution in [0.4, 0.5) is 10.5 Å². The zero-order chi connectivity index (χ0) is 27.0. The number of benzene rings is 3. The molecule has 2 heterocycles. The second kappa shape index (κ2) is 11.1. The first-order valence-corrected chi connectivity index (χ1v) is 13.8. The standard InChI is InChI=1S/C28H26BrCl2N5O2/c1-17-16-34(13-14-35(17)28(38)32-20-9-12-23(30)24(31)15-20)18(2)26-33-25-6-4-3-5-22(25)27(37)36(26)21-10-7-19(29)8-11-21/h3-12,15,17-18H,13-14,16H2,1-2H3,(H,32,38). The number of nitrogens with zero attached hydrogens (tertiary/aromatic N) is 4. The third-order valence-electron chi connectivity index (χ3n) is 6.90. The topological polar surface area (TPSA) is 70.5 Å². The van der Waals surface area contributed by atoms with Crippen LogP contribution in [-0.2, 0) is 0 Å². The van der Waals surface area contributed by atoms with E-state index < -0.39 is 0 Å². The van der Waals surface area contributed by atoms with Crippen molar-refractivity contribution in [3.8, 4) is 5.69 Å². The Morgan fingerprint density at radius 2 is 1.79 bits per heavy atom. The Bertz CT molecular complexity index is 1560. The molecule has 0 aliphatic carbocycles. The van der Waals surface area contributed by atoms with Crippen LogP contribution in [0.2, 0.25) is 10.0 Å². The van der Waals surface area contributed by atoms with Gasteiger partial charge in [-0.3, -0.25) is 14.3 Å². The highest BCUT2D eigenvalue weighted by atomic mass is 79.9. The van der Waals surface area contributed by atoms with E-state index in [1.54, 1.807) is 27.7 Å². The molecule has 1 aromatic heterocycles. The smallest absolute Gasteiger partial charge is 0.319 e. The average Bonchev–Trinajstić information content (AvgIpc) is 2.91. The van der Waals surface area contributed by atoms with Crippen molar-refractivity contribution >= 4 is 61.8 Å². The van der Waals surface area contributed by atoms with E-state index in [4.69, 9.17) is 28.2 Å². The number of piperazine rings is 1. The van der Waals surface area contributed by atoms with Gasteiger partial charge >= 0.3 is 6.03 Å². The third-order valence-corrected chi connectivity index (χ3v) is 8.17. The van der Waals surface area contributed by atoms with Gasteiger partial charge in [-0.15, -0.1) is 0 Å². The number of amides is 2. The van der Waals surface area contributed by atoms with Gasteiger partial charge in [0.15, 0.2) is 0 Å². The molecule has 1 aliphatic rings. The molecule has 5 rings (SSSR count). The summed E-state index contributed by atoms with van der Waals surface area (Å²) in [6, 6.07) is 19.7. The predicted octanol–water partition coefficient (Wildman–Crippen LogP) is 6.75. The summed E-state index contributed by atoms with van der Waals surface area (Å²) in [5.74, 6) is 0.664. The van der Waals surface area contributed by atoms with Crippen LogP contribution in [0.1, 0.15) is 25.7 Å². The minimum Gasteiger partial charge on any atom is -0.319 e. The van der Waals surface area contributed by atoms with Crippen LogP contribution in [0, 0.1) is 0 Å². The summed E-state index contributed by atoms with van der Waals surface area (Å²) in [7, 11) is 0. The molecule has 1 N–H and O–H groups in total. The van der Waals surface area contributed by atoms with Gasteiger partial charge in [-0.25, -0.2) is 9.78 Å². The molecular weight excluding hydrogens is 589 g/mol. The first-order chi connectivity index (χ1) is 18.2. The van der Waals surface area contributed by atoms with E-state index >= 15 is 0 Å². The fourth-order valence-corrected chi connectivity index (χ4v) is 5.40. The van der Waals surface area contributed by atoms with Crippen molar-refractivity contribution < 1.29 is 4.79 Å². The number of aromatic nitrogens is 2. The van der Waals surface area contributed by atoms with Gasteiger partial charge in [-0.2, -0.15) is 0 Å². The summed E-state index contributed by atoms with van der Waals surface area (Å²) >= 11 is 15.6. The average molecular weight is 615 g/mol. The minimum atomic E-state index is -0.196. The van der Waals surface area contributed by atoms with Crippen molar-refractivity contribution in [2.24, 2.45) is 0 Å². The van der Waals surface area contributed by atoms with Crippen molar-refractivity contribution in [3.05, 3.63) is 97.4 Å². The lowest BCUT2D eigenvalue weighted by Crippen LogP contribution is -2.55. The normalized spacial score (nSPS) is 17.0. The van der Waals surface area contributed by atoms with Crippen LogP contribution in [-0.4, -0.2) is 51.1 Å². The highest BCUT2D eigenvalue weighted by Gasteiger charge is 2.32. The summed E-state index contributed by atoms with van der Waals surface area (Å²) in [6.07, 6.45) is 0. The van der Waals surface area contributed by atoms with Gasteiger partial charge in [-0.05, 0) is 68.4 Å². The van der Waals surface area contributed by atoms with Gasteiger partial charge in [0, 0.05) is 35.8 Å². The number of halogens is 3. The number of hydrogen-bond donors (Lipinski definition) is 1. The van der Waals surface area contributed by atoms with E-state index in [1.165, 1.54) is 0 Å². The first kappa shape index (κ1) is 26.7. The summed E-state index contributed by atoms with van der Waals surface area (Å²) in [4.78, 5) is 35.7. The van der Waals surface area contributed by atoms with Crippen LogP contribution < -0.4 is 10.9 Å². The number of rotatable bonds is 4. The van der Waals surface area contributed by atoms with Gasteiger partial charge in [0.2, 0.25) is 0 Å². The molecule has 7 nitrogen and oxygen atoms in total. The van der Waals surface area contributed by atoms with Crippen LogP contribution >= 0.6 is 39.1 Å². The molecule has 1 saturated heterocycles. The Labute approximate surface area is 239 Å². The van der Waals surface area contributed by atoms with Gasteiger partial charge in [0.25, 0.3) is 5.56 Å². The van der Waals surface area contributed by atoms with Crippen molar-refractivity contribution in [3.63, 3.8) is 0 Å². The van der Waals surface area contributed by atoms with Gasteiger partial charge in [-0.1, -0.05) is 51.3 Å². The molecule has 0 spiro atoms. The van der Waals surface area contributed by atoms with Gasteiger partial charge < -0.3 is 10.2 Å². The number of fused-ring (bicyclic) bond motifs is 1. The fraction of sp³-hybridized carbons (Fsp3) is 0.250. The van der Waals surface area contributed by atoms with Crippen LogP contribution in [0.15, 0.2) is 76.0 Å². The zero-order valence-corrected chi connectivity index (χ0v) is 24.0. The summed E-state index contributed by atoms with van der Waals surface area (Å²) < 4.78 is 2.63. The number of hydrogen-bond acceptors (Lipinski definition) is 4. The predicted molar refractivity (Wildman–Crippen MR) is 157 cm³/mol. The van der Waals surface area contributed by atoms with Crippen LogP contribution in [0.25, 0.3) is 16.6 Å². The van der Waals surface area contributed by atoms with E-state index in [0.29, 0.717) is 52.1 Å². The summed E-state index contributed by atoms with van der Waals surface area (Å²) in [6.45, 7) is 5.85. The summed E-state index contributed by atoms with van der Waals surface area (Å²) in [5.41, 5.74) is 1.91. The molecule has 1 aliphatic heterocycles. The number of carbonyl (C=O) groups excluding carboxylic acids is 1. The van der Waals surface area contributed by atoms with E-state index in [-0.39, 0.29) is 23.7 Å². The second-order valence-corrected chi connectivity index (χ2v) is 11.1. The highest BCUT2D eigenvalue weighted by Crippen LogP contribution is 2.28. The first-order valence-electron chi connectivity index (χ1n) is 12.3. The fourth-order valence-electron chi connectivity index (χ4n) is 4.84. The van der Waals surface area contributed by atoms with E-state index in [1.807, 2.05) is 55.5 Å². The Hall–Kier alpha value is -2.91. The molecule has 1 fully saturated rings. The highest BCUT2D eigenvalue weighted by molar-refractivity contribution is 9.10. The third kappa shape index (κ3) is 5.31. The maximum Gasteiger partial charge on any atom is 0.322 e. The van der Waals surface area contributed by atoms with Gasteiger partial charge in [0.05, 0.1) is 32.7 Å². The van der Waals surface area contributed by atoms with Gasteiger partial charge in [0.1, 0.15) is 5.82 Å². The Morgan fingerprint density at radius 1 is 1.05 bits per heavy atom. The number of nitrogens with one attached hydrogen (secondary N) is 1. The lowest BCUT2D eigenvalue weighted by Gasteiger charge is -2.42. The number of carbonyl (C=O) groups is 1. The molecule has 0 bridgehead atoms. The zero-order valence-electron chi connectivity index (χ0n) is 20.9. The molecule has 2 unspecified atom stereocenters. The number of anilines is 1. The minimum absolute atomic E-state index is 0.0673. The number of urea groups is 1. The van der Waals surface area contributed by atoms with E-state index in [0.717, 1.165) is 10.2 Å². The molecule has 10 heteroatoms. The largest absolute Gasteiger partial charge is 0.322 e. The van der Waals surface area contributed by atoms with Crippen molar-refractivity contribution in [1.82, 2.24) is 19.4 Å². The number of para-hydroxylation sites is 1. The molecule has 4 aromatic rings. The monoisotopic (exact) mass is 613 g/mol. The van der Waals surface area contributed by atoms with E-state index in [9.17, 15) is 9.59 Å². The van der Waals surface area contributed by atoms with Crippen molar-refractivity contribution in [2.45, 2.75) is 25.9 Å². The van der Waals surface area contributed by atoms with Crippen LogP contribution in [0.3, 0.4) is 0 Å². The molecule has 0 radical (unpaired) electrons. The van der Waals surface area contributed by atoms with Crippen LogP contribution in [0.5, 0.6) is 0 Å². The summed E-state index contributed by atoms with van der Waals surface area (Å²) in [5, 5.41) is 4.30. The maximum absolute atomic E-state index is 13.7. The maximum atomic E-state index is 13.7. The quantitative estimate of drug-likeness (QED) is 0.276. The SMILES string of the molecule is CC(c1nc2ccccc2c(=O)n1-c1ccc(Br)cc1)N1CCN(C(=O)Nc2ccc(Cl)c(Cl)c2)C(C)C1. The molecule has 196 valence electrons.